The Morgan fingerprint density at radius 3 is 2.46 bits per heavy atom. The van der Waals surface area contributed by atoms with Crippen LogP contribution in [0.5, 0.6) is 0 Å². The van der Waals surface area contributed by atoms with Crippen LogP contribution < -0.4 is 5.32 Å². The van der Waals surface area contributed by atoms with Gasteiger partial charge < -0.3 is 10.4 Å². The number of carboxylic acids is 1. The number of aryl methyl sites for hydroxylation is 2. The maximum atomic E-state index is 12.1. The number of hydrogen-bond donors (Lipinski definition) is 2. The van der Waals surface area contributed by atoms with E-state index in [4.69, 9.17) is 0 Å². The van der Waals surface area contributed by atoms with Gasteiger partial charge in [-0.25, -0.2) is 4.79 Å². The number of carboxylic acid groups (broad SMARTS) is 1. The molecule has 1 atom stereocenters. The lowest BCUT2D eigenvalue weighted by atomic mass is 10.0. The van der Waals surface area contributed by atoms with Crippen LogP contribution in [0.25, 0.3) is 0 Å². The molecule has 6 heteroatoms. The average molecular weight is 329 g/mol. The number of aromatic nitrogens is 2. The molecule has 1 heterocycles. The summed E-state index contributed by atoms with van der Waals surface area (Å²) in [6, 6.07) is 8.36. The second-order valence-corrected chi connectivity index (χ2v) is 5.92. The predicted octanol–water partition coefficient (Wildman–Crippen LogP) is 1.78. The summed E-state index contributed by atoms with van der Waals surface area (Å²) in [6.45, 7) is 3.87. The highest BCUT2D eigenvalue weighted by Crippen LogP contribution is 2.14. The molecule has 0 aliphatic carbocycles. The molecule has 0 aliphatic rings. The zero-order valence-corrected chi connectivity index (χ0v) is 14.2. The van der Waals surface area contributed by atoms with Gasteiger partial charge in [-0.15, -0.1) is 0 Å². The van der Waals surface area contributed by atoms with E-state index in [1.54, 1.807) is 4.68 Å². The fourth-order valence-corrected chi connectivity index (χ4v) is 2.73. The van der Waals surface area contributed by atoms with Gasteiger partial charge in [-0.05, 0) is 31.4 Å². The summed E-state index contributed by atoms with van der Waals surface area (Å²) >= 11 is 0. The van der Waals surface area contributed by atoms with Crippen LogP contribution in [0, 0.1) is 13.8 Å². The van der Waals surface area contributed by atoms with Crippen molar-refractivity contribution in [3.05, 3.63) is 52.8 Å². The summed E-state index contributed by atoms with van der Waals surface area (Å²) in [7, 11) is 1.87. The van der Waals surface area contributed by atoms with Crippen molar-refractivity contribution in [1.29, 1.82) is 0 Å². The molecule has 6 nitrogen and oxygen atoms in total. The van der Waals surface area contributed by atoms with Crippen molar-refractivity contribution in [2.24, 2.45) is 7.05 Å². The summed E-state index contributed by atoms with van der Waals surface area (Å²) < 4.78 is 1.79. The zero-order chi connectivity index (χ0) is 17.7. The fourth-order valence-electron chi connectivity index (χ4n) is 2.73. The SMILES string of the molecule is Cc1nn(C)c(C)c1CCC(=O)N[C@H](Cc1ccccc1)C(=O)O. The maximum absolute atomic E-state index is 12.1. The molecule has 1 aromatic heterocycles. The lowest BCUT2D eigenvalue weighted by Gasteiger charge is -2.14. The first-order chi connectivity index (χ1) is 11.4. The Kier molecular flexibility index (Phi) is 5.73. The van der Waals surface area contributed by atoms with E-state index in [9.17, 15) is 14.7 Å². The molecule has 0 saturated carbocycles. The molecule has 0 radical (unpaired) electrons. The van der Waals surface area contributed by atoms with Gasteiger partial charge in [-0.3, -0.25) is 9.48 Å². The molecule has 0 fully saturated rings. The maximum Gasteiger partial charge on any atom is 0.326 e. The smallest absolute Gasteiger partial charge is 0.326 e. The largest absolute Gasteiger partial charge is 0.480 e. The fraction of sp³-hybridized carbons (Fsp3) is 0.389. The van der Waals surface area contributed by atoms with Gasteiger partial charge in [0.05, 0.1) is 5.69 Å². The highest BCUT2D eigenvalue weighted by Gasteiger charge is 2.20. The predicted molar refractivity (Wildman–Crippen MR) is 90.7 cm³/mol. The van der Waals surface area contributed by atoms with Gasteiger partial charge in [0.2, 0.25) is 5.91 Å². The van der Waals surface area contributed by atoms with E-state index in [0.717, 1.165) is 22.5 Å². The van der Waals surface area contributed by atoms with Gasteiger partial charge in [-0.2, -0.15) is 5.10 Å². The van der Waals surface area contributed by atoms with Crippen molar-refractivity contribution in [3.63, 3.8) is 0 Å². The summed E-state index contributed by atoms with van der Waals surface area (Å²) in [5.74, 6) is -1.29. The van der Waals surface area contributed by atoms with Gasteiger partial charge in [0, 0.05) is 25.6 Å². The van der Waals surface area contributed by atoms with Crippen LogP contribution in [-0.4, -0.2) is 32.8 Å². The van der Waals surface area contributed by atoms with Gasteiger partial charge in [0.1, 0.15) is 6.04 Å². The molecular formula is C18H23N3O3. The molecule has 0 bridgehead atoms. The Bertz CT molecular complexity index is 723. The van der Waals surface area contributed by atoms with Crippen LogP contribution in [0.4, 0.5) is 0 Å². The second-order valence-electron chi connectivity index (χ2n) is 5.92. The Labute approximate surface area is 141 Å². The third-order valence-corrected chi connectivity index (χ3v) is 4.18. The third kappa shape index (κ3) is 4.44. The van der Waals surface area contributed by atoms with Crippen LogP contribution in [0.2, 0.25) is 0 Å². The molecular weight excluding hydrogens is 306 g/mol. The number of nitrogens with one attached hydrogen (secondary N) is 1. The monoisotopic (exact) mass is 329 g/mol. The van der Waals surface area contributed by atoms with Crippen molar-refractivity contribution in [3.8, 4) is 0 Å². The minimum atomic E-state index is -1.03. The Hall–Kier alpha value is -2.63. The molecule has 128 valence electrons. The molecule has 1 aromatic carbocycles. The van der Waals surface area contributed by atoms with E-state index >= 15 is 0 Å². The number of benzene rings is 1. The lowest BCUT2D eigenvalue weighted by molar-refractivity contribution is -0.141. The first-order valence-electron chi connectivity index (χ1n) is 7.93. The molecule has 0 unspecified atom stereocenters. The number of carbonyl (C=O) groups excluding carboxylic acids is 1. The molecule has 2 aromatic rings. The topological polar surface area (TPSA) is 84.2 Å². The Morgan fingerprint density at radius 1 is 1.25 bits per heavy atom. The molecule has 0 aliphatic heterocycles. The number of aliphatic carboxylic acids is 1. The molecule has 2 rings (SSSR count). The van der Waals surface area contributed by atoms with E-state index in [1.165, 1.54) is 0 Å². The van der Waals surface area contributed by atoms with Crippen molar-refractivity contribution >= 4 is 11.9 Å². The van der Waals surface area contributed by atoms with Crippen LogP contribution in [-0.2, 0) is 29.5 Å². The molecule has 1 amide bonds. The van der Waals surface area contributed by atoms with Gasteiger partial charge in [0.15, 0.2) is 0 Å². The van der Waals surface area contributed by atoms with E-state index in [2.05, 4.69) is 10.4 Å². The lowest BCUT2D eigenvalue weighted by Crippen LogP contribution is -2.42. The van der Waals surface area contributed by atoms with Crippen LogP contribution in [0.1, 0.15) is 28.9 Å². The quantitative estimate of drug-likeness (QED) is 0.811. The van der Waals surface area contributed by atoms with Crippen molar-refractivity contribution in [1.82, 2.24) is 15.1 Å². The van der Waals surface area contributed by atoms with E-state index < -0.39 is 12.0 Å². The minimum Gasteiger partial charge on any atom is -0.480 e. The van der Waals surface area contributed by atoms with E-state index in [1.807, 2.05) is 51.2 Å². The zero-order valence-electron chi connectivity index (χ0n) is 14.2. The van der Waals surface area contributed by atoms with E-state index in [0.29, 0.717) is 6.42 Å². The van der Waals surface area contributed by atoms with Crippen molar-refractivity contribution < 1.29 is 14.7 Å². The molecule has 0 saturated heterocycles. The highest BCUT2D eigenvalue weighted by atomic mass is 16.4. The van der Waals surface area contributed by atoms with Crippen molar-refractivity contribution in [2.45, 2.75) is 39.2 Å². The summed E-state index contributed by atoms with van der Waals surface area (Å²) in [4.78, 5) is 23.5. The standard InChI is InChI=1S/C18H23N3O3/c1-12-15(13(2)21(3)20-12)9-10-17(22)19-16(18(23)24)11-14-7-5-4-6-8-14/h4-8,16H,9-11H2,1-3H3,(H,19,22)(H,23,24)/t16-/m1/s1. The van der Waals surface area contributed by atoms with E-state index in [-0.39, 0.29) is 18.7 Å². The first-order valence-corrected chi connectivity index (χ1v) is 7.93. The number of amides is 1. The van der Waals surface area contributed by atoms with Gasteiger partial charge in [-0.1, -0.05) is 30.3 Å². The van der Waals surface area contributed by atoms with Gasteiger partial charge >= 0.3 is 5.97 Å². The number of nitrogens with zero attached hydrogens (tertiary/aromatic N) is 2. The third-order valence-electron chi connectivity index (χ3n) is 4.18. The highest BCUT2D eigenvalue weighted by molar-refractivity contribution is 5.83. The van der Waals surface area contributed by atoms with Crippen LogP contribution >= 0.6 is 0 Å². The summed E-state index contributed by atoms with van der Waals surface area (Å²) in [6.07, 6.45) is 1.06. The number of rotatable bonds is 7. The molecule has 2 N–H and O–H groups in total. The summed E-state index contributed by atoms with van der Waals surface area (Å²) in [5.41, 5.74) is 3.85. The Morgan fingerprint density at radius 2 is 1.92 bits per heavy atom. The normalized spacial score (nSPS) is 12.0. The van der Waals surface area contributed by atoms with Crippen LogP contribution in [0.15, 0.2) is 30.3 Å². The van der Waals surface area contributed by atoms with Crippen LogP contribution in [0.3, 0.4) is 0 Å². The van der Waals surface area contributed by atoms with Gasteiger partial charge in [0.25, 0.3) is 0 Å². The summed E-state index contributed by atoms with van der Waals surface area (Å²) in [5, 5.41) is 16.3. The number of hydrogen-bond acceptors (Lipinski definition) is 3. The minimum absolute atomic E-state index is 0.242. The van der Waals surface area contributed by atoms with Crippen molar-refractivity contribution in [2.75, 3.05) is 0 Å². The first kappa shape index (κ1) is 17.7. The molecule has 0 spiro atoms. The average Bonchev–Trinajstić information content (AvgIpc) is 2.78. The molecule has 24 heavy (non-hydrogen) atoms. The second kappa shape index (κ2) is 7.77. The Balaban J connectivity index is 1.94. The number of carbonyl (C=O) groups is 2.